The maximum absolute atomic E-state index is 12.2. The Morgan fingerprint density at radius 1 is 1.32 bits per heavy atom. The van der Waals surface area contributed by atoms with Crippen molar-refractivity contribution in [3.05, 3.63) is 5.01 Å². The number of hydrogen-bond acceptors (Lipinski definition) is 5. The maximum atomic E-state index is 12.2. The Morgan fingerprint density at radius 2 is 2.11 bits per heavy atom. The molecule has 6 heteroatoms. The van der Waals surface area contributed by atoms with E-state index in [1.165, 1.54) is 0 Å². The highest BCUT2D eigenvalue weighted by Crippen LogP contribution is 2.26. The minimum absolute atomic E-state index is 0.209. The third-order valence-electron chi connectivity index (χ3n) is 3.22. The summed E-state index contributed by atoms with van der Waals surface area (Å²) in [5, 5.41) is 10.4. The molecule has 1 aromatic rings. The van der Waals surface area contributed by atoms with Crippen LogP contribution in [0, 0.1) is 0 Å². The van der Waals surface area contributed by atoms with Gasteiger partial charge in [0.1, 0.15) is 5.01 Å². The van der Waals surface area contributed by atoms with E-state index in [0.717, 1.165) is 42.6 Å². The Hall–Kier alpha value is -1.17. The summed E-state index contributed by atoms with van der Waals surface area (Å²) in [6.45, 7) is 9.38. The normalized spacial score (nSPS) is 17.2. The predicted molar refractivity (Wildman–Crippen MR) is 77.7 cm³/mol. The molecule has 5 nitrogen and oxygen atoms in total. The lowest BCUT2D eigenvalue weighted by molar-refractivity contribution is -0.129. The molecular formula is C13H22N4OS. The van der Waals surface area contributed by atoms with Gasteiger partial charge in [-0.15, -0.1) is 10.2 Å². The molecule has 1 aliphatic rings. The van der Waals surface area contributed by atoms with Crippen LogP contribution in [0.5, 0.6) is 0 Å². The average Bonchev–Trinajstić information content (AvgIpc) is 2.79. The fourth-order valence-corrected chi connectivity index (χ4v) is 3.05. The molecule has 0 atom stereocenters. The summed E-state index contributed by atoms with van der Waals surface area (Å²) in [7, 11) is 0. The second kappa shape index (κ2) is 6.32. The van der Waals surface area contributed by atoms with Crippen LogP contribution < -0.4 is 4.90 Å². The number of hydrogen-bond donors (Lipinski definition) is 0. The zero-order chi connectivity index (χ0) is 13.8. The third kappa shape index (κ3) is 3.43. The van der Waals surface area contributed by atoms with Gasteiger partial charge in [-0.25, -0.2) is 0 Å². The van der Waals surface area contributed by atoms with Crippen LogP contribution in [0.4, 0.5) is 5.13 Å². The van der Waals surface area contributed by atoms with Crippen LogP contribution in [-0.2, 0) is 4.79 Å². The number of rotatable bonds is 4. The Bertz CT molecular complexity index is 432. The van der Waals surface area contributed by atoms with E-state index in [4.69, 9.17) is 0 Å². The molecule has 0 saturated carbocycles. The molecule has 0 spiro atoms. The second-order valence-electron chi connectivity index (χ2n) is 5.23. The van der Waals surface area contributed by atoms with Gasteiger partial charge in [0, 0.05) is 25.6 Å². The van der Waals surface area contributed by atoms with E-state index in [-0.39, 0.29) is 5.91 Å². The van der Waals surface area contributed by atoms with Crippen LogP contribution in [0.3, 0.4) is 0 Å². The number of anilines is 1. The second-order valence-corrected chi connectivity index (χ2v) is 6.22. The smallest absolute Gasteiger partial charge is 0.242 e. The Morgan fingerprint density at radius 3 is 2.74 bits per heavy atom. The molecule has 19 heavy (non-hydrogen) atoms. The van der Waals surface area contributed by atoms with Gasteiger partial charge in [-0.2, -0.15) is 0 Å². The van der Waals surface area contributed by atoms with Crippen molar-refractivity contribution >= 4 is 22.4 Å². The lowest BCUT2D eigenvalue weighted by Gasteiger charge is -2.20. The van der Waals surface area contributed by atoms with Crippen LogP contribution >= 0.6 is 11.3 Å². The standard InChI is InChI=1S/C13H22N4OS/c1-4-6-16-7-5-8-17(9-11(16)18)13-15-14-12(19-13)10(2)3/h10H,4-9H2,1-3H3. The van der Waals surface area contributed by atoms with Crippen LogP contribution in [-0.4, -0.2) is 47.2 Å². The van der Waals surface area contributed by atoms with Crippen molar-refractivity contribution in [1.29, 1.82) is 0 Å². The SMILES string of the molecule is CCCN1CCCN(c2nnc(C(C)C)s2)CC1=O. The number of amides is 1. The van der Waals surface area contributed by atoms with E-state index < -0.39 is 0 Å². The van der Waals surface area contributed by atoms with E-state index >= 15 is 0 Å². The topological polar surface area (TPSA) is 49.3 Å². The summed E-state index contributed by atoms with van der Waals surface area (Å²) < 4.78 is 0. The minimum Gasteiger partial charge on any atom is -0.341 e. The fourth-order valence-electron chi connectivity index (χ4n) is 2.18. The van der Waals surface area contributed by atoms with Gasteiger partial charge in [0.2, 0.25) is 11.0 Å². The number of nitrogens with zero attached hydrogens (tertiary/aromatic N) is 4. The zero-order valence-electron chi connectivity index (χ0n) is 11.9. The number of carbonyl (C=O) groups excluding carboxylic acids is 1. The van der Waals surface area contributed by atoms with Crippen molar-refractivity contribution < 1.29 is 4.79 Å². The van der Waals surface area contributed by atoms with Crippen LogP contribution in [0.15, 0.2) is 0 Å². The van der Waals surface area contributed by atoms with Crippen LogP contribution in [0.2, 0.25) is 0 Å². The molecule has 2 heterocycles. The molecule has 0 bridgehead atoms. The Balaban J connectivity index is 2.06. The van der Waals surface area contributed by atoms with Gasteiger partial charge in [-0.1, -0.05) is 32.1 Å². The van der Waals surface area contributed by atoms with Crippen molar-refractivity contribution in [3.8, 4) is 0 Å². The summed E-state index contributed by atoms with van der Waals surface area (Å²) in [6.07, 6.45) is 2.02. The quantitative estimate of drug-likeness (QED) is 0.848. The van der Waals surface area contributed by atoms with Gasteiger partial charge in [0.05, 0.1) is 6.54 Å². The molecule has 1 aromatic heterocycles. The molecule has 1 fully saturated rings. The molecule has 1 amide bonds. The Labute approximate surface area is 118 Å². The summed E-state index contributed by atoms with van der Waals surface area (Å²) in [4.78, 5) is 16.2. The first-order chi connectivity index (χ1) is 9.11. The first-order valence-corrected chi connectivity index (χ1v) is 7.79. The highest BCUT2D eigenvalue weighted by molar-refractivity contribution is 7.15. The highest BCUT2D eigenvalue weighted by atomic mass is 32.1. The van der Waals surface area contributed by atoms with Gasteiger partial charge in [-0.05, 0) is 12.8 Å². The maximum Gasteiger partial charge on any atom is 0.242 e. The summed E-state index contributed by atoms with van der Waals surface area (Å²) in [6, 6.07) is 0. The molecule has 0 radical (unpaired) electrons. The average molecular weight is 282 g/mol. The van der Waals surface area contributed by atoms with Crippen molar-refractivity contribution in [1.82, 2.24) is 15.1 Å². The van der Waals surface area contributed by atoms with Crippen LogP contribution in [0.25, 0.3) is 0 Å². The van der Waals surface area contributed by atoms with Crippen LogP contribution in [0.1, 0.15) is 44.5 Å². The van der Waals surface area contributed by atoms with E-state index in [2.05, 4.69) is 35.9 Å². The molecule has 1 aliphatic heterocycles. The monoisotopic (exact) mass is 282 g/mol. The molecule has 1 saturated heterocycles. The first-order valence-electron chi connectivity index (χ1n) is 6.98. The molecular weight excluding hydrogens is 260 g/mol. The van der Waals surface area contributed by atoms with Gasteiger partial charge >= 0.3 is 0 Å². The van der Waals surface area contributed by atoms with E-state index in [9.17, 15) is 4.79 Å². The molecule has 0 N–H and O–H groups in total. The van der Waals surface area contributed by atoms with Crippen molar-refractivity contribution in [2.75, 3.05) is 31.1 Å². The molecule has 2 rings (SSSR count). The van der Waals surface area contributed by atoms with Crippen molar-refractivity contribution in [3.63, 3.8) is 0 Å². The Kier molecular flexibility index (Phi) is 4.74. The van der Waals surface area contributed by atoms with Crippen molar-refractivity contribution in [2.24, 2.45) is 0 Å². The van der Waals surface area contributed by atoms with E-state index in [0.29, 0.717) is 12.5 Å². The lowest BCUT2D eigenvalue weighted by Crippen LogP contribution is -2.37. The number of carbonyl (C=O) groups is 1. The van der Waals surface area contributed by atoms with Gasteiger partial charge in [0.25, 0.3) is 0 Å². The summed E-state index contributed by atoms with van der Waals surface area (Å²) >= 11 is 1.61. The van der Waals surface area contributed by atoms with Gasteiger partial charge < -0.3 is 9.80 Å². The molecule has 106 valence electrons. The third-order valence-corrected chi connectivity index (χ3v) is 4.51. The van der Waals surface area contributed by atoms with Gasteiger partial charge in [-0.3, -0.25) is 4.79 Å². The largest absolute Gasteiger partial charge is 0.341 e. The van der Waals surface area contributed by atoms with E-state index in [1.807, 2.05) is 4.90 Å². The summed E-state index contributed by atoms with van der Waals surface area (Å²) in [5.74, 6) is 0.603. The fraction of sp³-hybridized carbons (Fsp3) is 0.769. The lowest BCUT2D eigenvalue weighted by atomic mass is 10.2. The predicted octanol–water partition coefficient (Wildman–Crippen LogP) is 2.11. The molecule has 0 unspecified atom stereocenters. The molecule has 0 aromatic carbocycles. The van der Waals surface area contributed by atoms with Gasteiger partial charge in [0.15, 0.2) is 0 Å². The number of aromatic nitrogens is 2. The molecule has 0 aliphatic carbocycles. The zero-order valence-corrected chi connectivity index (χ0v) is 12.7. The summed E-state index contributed by atoms with van der Waals surface area (Å²) in [5.41, 5.74) is 0. The highest BCUT2D eigenvalue weighted by Gasteiger charge is 2.23. The van der Waals surface area contributed by atoms with E-state index in [1.54, 1.807) is 11.3 Å². The minimum atomic E-state index is 0.209. The first kappa shape index (κ1) is 14.2. The van der Waals surface area contributed by atoms with Crippen molar-refractivity contribution in [2.45, 2.75) is 39.5 Å².